The second-order valence-corrected chi connectivity index (χ2v) is 3.73. The molecular formula is C11H13ClF3N. The van der Waals surface area contributed by atoms with Gasteiger partial charge in [-0.05, 0) is 29.2 Å². The normalized spacial score (nSPS) is 14.5. The van der Waals surface area contributed by atoms with E-state index >= 15 is 0 Å². The Bertz CT molecular complexity index is 388. The highest BCUT2D eigenvalue weighted by molar-refractivity contribution is 5.85. The number of rotatable bonds is 1. The monoisotopic (exact) mass is 251 g/mol. The van der Waals surface area contributed by atoms with Crippen LogP contribution in [0.15, 0.2) is 12.1 Å². The molecule has 1 nitrogen and oxygen atoms in total. The maximum atomic E-state index is 12.7. The number of benzene rings is 1. The second-order valence-electron chi connectivity index (χ2n) is 3.73. The van der Waals surface area contributed by atoms with Gasteiger partial charge in [-0.15, -0.1) is 12.4 Å². The van der Waals surface area contributed by atoms with Crippen LogP contribution in [-0.4, -0.2) is 0 Å². The first-order valence-electron chi connectivity index (χ1n) is 4.95. The van der Waals surface area contributed by atoms with Gasteiger partial charge in [-0.3, -0.25) is 0 Å². The molecule has 1 aliphatic heterocycles. The van der Waals surface area contributed by atoms with Crippen molar-refractivity contribution in [1.29, 1.82) is 0 Å². The SMILES string of the molecule is CCc1cc2c(cc1C(F)(F)F)CNC2.Cl. The van der Waals surface area contributed by atoms with E-state index in [1.54, 1.807) is 13.0 Å². The first-order chi connectivity index (χ1) is 7.02. The smallest absolute Gasteiger partial charge is 0.309 e. The van der Waals surface area contributed by atoms with Gasteiger partial charge in [0.25, 0.3) is 0 Å². The second kappa shape index (κ2) is 4.63. The van der Waals surface area contributed by atoms with Crippen LogP contribution in [0.5, 0.6) is 0 Å². The summed E-state index contributed by atoms with van der Waals surface area (Å²) in [6.45, 7) is 2.97. The number of hydrogen-bond donors (Lipinski definition) is 1. The molecule has 0 bridgehead atoms. The van der Waals surface area contributed by atoms with Crippen molar-refractivity contribution >= 4 is 12.4 Å². The van der Waals surface area contributed by atoms with Crippen molar-refractivity contribution in [3.05, 3.63) is 34.4 Å². The Labute approximate surface area is 98.4 Å². The lowest BCUT2D eigenvalue weighted by Crippen LogP contribution is -2.10. The molecule has 0 unspecified atom stereocenters. The Hall–Kier alpha value is -0.740. The van der Waals surface area contributed by atoms with Crippen LogP contribution in [0.2, 0.25) is 0 Å². The zero-order valence-electron chi connectivity index (χ0n) is 8.82. The van der Waals surface area contributed by atoms with Crippen LogP contribution in [0, 0.1) is 0 Å². The Morgan fingerprint density at radius 1 is 1.19 bits per heavy atom. The number of nitrogens with one attached hydrogen (secondary N) is 1. The third kappa shape index (κ3) is 2.33. The zero-order valence-corrected chi connectivity index (χ0v) is 9.63. The van der Waals surface area contributed by atoms with E-state index in [1.165, 1.54) is 6.07 Å². The van der Waals surface area contributed by atoms with Crippen LogP contribution < -0.4 is 5.32 Å². The molecule has 2 rings (SSSR count). The molecule has 0 amide bonds. The van der Waals surface area contributed by atoms with Crippen LogP contribution in [0.3, 0.4) is 0 Å². The molecule has 1 aromatic rings. The molecule has 0 aliphatic carbocycles. The number of alkyl halides is 3. The maximum Gasteiger partial charge on any atom is 0.416 e. The Kier molecular flexibility index (Phi) is 3.86. The predicted octanol–water partition coefficient (Wildman–Crippen LogP) is 3.29. The summed E-state index contributed by atoms with van der Waals surface area (Å²) in [6.07, 6.45) is -3.81. The van der Waals surface area contributed by atoms with Crippen molar-refractivity contribution in [2.75, 3.05) is 0 Å². The van der Waals surface area contributed by atoms with Crippen molar-refractivity contribution in [3.63, 3.8) is 0 Å². The molecule has 1 heterocycles. The van der Waals surface area contributed by atoms with Gasteiger partial charge in [-0.2, -0.15) is 13.2 Å². The highest BCUT2D eigenvalue weighted by atomic mass is 35.5. The molecule has 0 atom stereocenters. The minimum absolute atomic E-state index is 0. The van der Waals surface area contributed by atoms with E-state index in [2.05, 4.69) is 5.32 Å². The first kappa shape index (κ1) is 13.3. The Morgan fingerprint density at radius 2 is 1.75 bits per heavy atom. The summed E-state index contributed by atoms with van der Waals surface area (Å²) < 4.78 is 38.1. The third-order valence-corrected chi connectivity index (χ3v) is 2.74. The molecule has 0 saturated carbocycles. The van der Waals surface area contributed by atoms with Gasteiger partial charge < -0.3 is 5.32 Å². The average Bonchev–Trinajstić information content (AvgIpc) is 2.60. The minimum Gasteiger partial charge on any atom is -0.309 e. The standard InChI is InChI=1S/C11H12F3N.ClH/c1-2-7-3-8-5-15-6-9(8)4-10(7)11(12,13)14;/h3-4,15H,2,5-6H2,1H3;1H. The van der Waals surface area contributed by atoms with Crippen molar-refractivity contribution in [1.82, 2.24) is 5.32 Å². The summed E-state index contributed by atoms with van der Waals surface area (Å²) in [6, 6.07) is 2.96. The lowest BCUT2D eigenvalue weighted by Gasteiger charge is -2.13. The van der Waals surface area contributed by atoms with E-state index in [0.717, 1.165) is 11.1 Å². The fourth-order valence-corrected chi connectivity index (χ4v) is 1.96. The van der Waals surface area contributed by atoms with Gasteiger partial charge in [0, 0.05) is 13.1 Å². The summed E-state index contributed by atoms with van der Waals surface area (Å²) >= 11 is 0. The predicted molar refractivity (Wildman–Crippen MR) is 58.6 cm³/mol. The Balaban J connectivity index is 0.00000128. The van der Waals surface area contributed by atoms with Gasteiger partial charge in [-0.1, -0.05) is 13.0 Å². The van der Waals surface area contributed by atoms with Crippen molar-refractivity contribution in [3.8, 4) is 0 Å². The van der Waals surface area contributed by atoms with E-state index < -0.39 is 11.7 Å². The van der Waals surface area contributed by atoms with Crippen LogP contribution in [0.25, 0.3) is 0 Å². The maximum absolute atomic E-state index is 12.7. The van der Waals surface area contributed by atoms with E-state index in [9.17, 15) is 13.2 Å². The fourth-order valence-electron chi connectivity index (χ4n) is 1.96. The van der Waals surface area contributed by atoms with Gasteiger partial charge in [0.15, 0.2) is 0 Å². The molecule has 16 heavy (non-hydrogen) atoms. The molecule has 0 radical (unpaired) electrons. The molecule has 1 aliphatic rings. The van der Waals surface area contributed by atoms with E-state index in [-0.39, 0.29) is 12.4 Å². The molecule has 0 spiro atoms. The lowest BCUT2D eigenvalue weighted by atomic mass is 9.98. The van der Waals surface area contributed by atoms with Gasteiger partial charge in [0.05, 0.1) is 5.56 Å². The van der Waals surface area contributed by atoms with E-state index in [4.69, 9.17) is 0 Å². The molecule has 0 fully saturated rings. The molecule has 90 valence electrons. The number of aryl methyl sites for hydroxylation is 1. The third-order valence-electron chi connectivity index (χ3n) is 2.74. The number of halogens is 4. The number of fused-ring (bicyclic) bond motifs is 1. The average molecular weight is 252 g/mol. The zero-order chi connectivity index (χ0) is 11.1. The number of hydrogen-bond acceptors (Lipinski definition) is 1. The molecule has 1 N–H and O–H groups in total. The van der Waals surface area contributed by atoms with Crippen molar-refractivity contribution in [2.45, 2.75) is 32.6 Å². The summed E-state index contributed by atoms with van der Waals surface area (Å²) in [7, 11) is 0. The summed E-state index contributed by atoms with van der Waals surface area (Å²) in [5.74, 6) is 0. The fraction of sp³-hybridized carbons (Fsp3) is 0.455. The van der Waals surface area contributed by atoms with Crippen LogP contribution in [-0.2, 0) is 25.7 Å². The van der Waals surface area contributed by atoms with Crippen LogP contribution in [0.1, 0.15) is 29.2 Å². The molecule has 1 aromatic carbocycles. The largest absolute Gasteiger partial charge is 0.416 e. The molecule has 5 heteroatoms. The topological polar surface area (TPSA) is 12.0 Å². The summed E-state index contributed by atoms with van der Waals surface area (Å²) in [5.41, 5.74) is 1.69. The van der Waals surface area contributed by atoms with Crippen molar-refractivity contribution in [2.24, 2.45) is 0 Å². The molecule has 0 saturated heterocycles. The molecule has 0 aromatic heterocycles. The minimum atomic E-state index is -4.23. The van der Waals surface area contributed by atoms with E-state index in [0.29, 0.717) is 25.1 Å². The summed E-state index contributed by atoms with van der Waals surface area (Å²) in [5, 5.41) is 3.05. The molecular weight excluding hydrogens is 239 g/mol. The summed E-state index contributed by atoms with van der Waals surface area (Å²) in [4.78, 5) is 0. The van der Waals surface area contributed by atoms with Gasteiger partial charge >= 0.3 is 6.18 Å². The van der Waals surface area contributed by atoms with Gasteiger partial charge in [0.2, 0.25) is 0 Å². The first-order valence-corrected chi connectivity index (χ1v) is 4.95. The quantitative estimate of drug-likeness (QED) is 0.808. The van der Waals surface area contributed by atoms with Crippen LogP contribution >= 0.6 is 12.4 Å². The van der Waals surface area contributed by atoms with Crippen LogP contribution in [0.4, 0.5) is 13.2 Å². The van der Waals surface area contributed by atoms with Gasteiger partial charge in [-0.25, -0.2) is 0 Å². The highest BCUT2D eigenvalue weighted by Crippen LogP contribution is 2.35. The van der Waals surface area contributed by atoms with E-state index in [1.807, 2.05) is 0 Å². The lowest BCUT2D eigenvalue weighted by molar-refractivity contribution is -0.138. The highest BCUT2D eigenvalue weighted by Gasteiger charge is 2.34. The van der Waals surface area contributed by atoms with Gasteiger partial charge in [0.1, 0.15) is 0 Å². The van der Waals surface area contributed by atoms with Crippen molar-refractivity contribution < 1.29 is 13.2 Å². The Morgan fingerprint density at radius 3 is 2.25 bits per heavy atom.